The third-order valence-electron chi connectivity index (χ3n) is 4.96. The van der Waals surface area contributed by atoms with Crippen LogP contribution in [0, 0.1) is 0 Å². The van der Waals surface area contributed by atoms with E-state index < -0.39 is 0 Å². The molecule has 2 aliphatic heterocycles. The lowest BCUT2D eigenvalue weighted by Crippen LogP contribution is -2.51. The second kappa shape index (κ2) is 11.5. The van der Waals surface area contributed by atoms with Gasteiger partial charge in [-0.3, -0.25) is 9.89 Å². The van der Waals surface area contributed by atoms with E-state index in [9.17, 15) is 0 Å². The van der Waals surface area contributed by atoms with E-state index >= 15 is 0 Å². The largest absolute Gasteiger partial charge is 0.489 e. The number of halogens is 1. The molecule has 0 bridgehead atoms. The smallest absolute Gasteiger partial charge is 0.191 e. The van der Waals surface area contributed by atoms with Crippen LogP contribution < -0.4 is 15.4 Å². The minimum atomic E-state index is 0. The van der Waals surface area contributed by atoms with Crippen molar-refractivity contribution in [3.63, 3.8) is 0 Å². The van der Waals surface area contributed by atoms with E-state index in [0.29, 0.717) is 19.2 Å². The molecule has 2 heterocycles. The van der Waals surface area contributed by atoms with Crippen molar-refractivity contribution in [3.05, 3.63) is 42.5 Å². The highest BCUT2D eigenvalue weighted by Gasteiger charge is 2.32. The first-order valence-electron chi connectivity index (χ1n) is 9.42. The number of morpholine rings is 1. The predicted molar refractivity (Wildman–Crippen MR) is 120 cm³/mol. The van der Waals surface area contributed by atoms with Crippen LogP contribution in [-0.2, 0) is 11.3 Å². The first kappa shape index (κ1) is 22.0. The average molecular weight is 486 g/mol. The summed E-state index contributed by atoms with van der Waals surface area (Å²) >= 11 is 0. The molecule has 1 aromatic carbocycles. The van der Waals surface area contributed by atoms with Gasteiger partial charge in [-0.2, -0.15) is 0 Å². The Morgan fingerprint density at radius 3 is 3.07 bits per heavy atom. The Hall–Kier alpha value is -1.32. The van der Waals surface area contributed by atoms with Crippen LogP contribution in [0.5, 0.6) is 5.75 Å². The first-order valence-corrected chi connectivity index (χ1v) is 9.42. The summed E-state index contributed by atoms with van der Waals surface area (Å²) in [6, 6.07) is 8.64. The van der Waals surface area contributed by atoms with Gasteiger partial charge in [-0.05, 0) is 25.5 Å². The second-order valence-electron chi connectivity index (χ2n) is 6.76. The monoisotopic (exact) mass is 486 g/mol. The van der Waals surface area contributed by atoms with Crippen molar-refractivity contribution in [1.82, 2.24) is 15.5 Å². The van der Waals surface area contributed by atoms with Crippen molar-refractivity contribution >= 4 is 29.9 Å². The highest BCUT2D eigenvalue weighted by Crippen LogP contribution is 2.22. The van der Waals surface area contributed by atoms with E-state index in [2.05, 4.69) is 33.2 Å². The van der Waals surface area contributed by atoms with Crippen molar-refractivity contribution in [2.24, 2.45) is 4.99 Å². The molecule has 0 aliphatic carbocycles. The zero-order valence-electron chi connectivity index (χ0n) is 16.0. The van der Waals surface area contributed by atoms with E-state index in [1.807, 2.05) is 18.2 Å². The second-order valence-corrected chi connectivity index (χ2v) is 6.76. The first-order chi connectivity index (χ1) is 12.8. The zero-order chi connectivity index (χ0) is 18.2. The molecular formula is C20H31IN4O2. The van der Waals surface area contributed by atoms with E-state index in [1.165, 1.54) is 19.4 Å². The van der Waals surface area contributed by atoms with Crippen LogP contribution >= 0.6 is 24.0 Å². The van der Waals surface area contributed by atoms with Crippen molar-refractivity contribution < 1.29 is 9.47 Å². The molecule has 2 atom stereocenters. The van der Waals surface area contributed by atoms with Gasteiger partial charge in [0, 0.05) is 38.3 Å². The van der Waals surface area contributed by atoms with E-state index in [-0.39, 0.29) is 30.1 Å². The van der Waals surface area contributed by atoms with Crippen molar-refractivity contribution in [3.8, 4) is 5.75 Å². The van der Waals surface area contributed by atoms with Gasteiger partial charge >= 0.3 is 0 Å². The Balaban J connectivity index is 0.00000261. The summed E-state index contributed by atoms with van der Waals surface area (Å²) in [4.78, 5) is 6.87. The molecule has 1 aromatic rings. The summed E-state index contributed by atoms with van der Waals surface area (Å²) in [5, 5.41) is 6.73. The van der Waals surface area contributed by atoms with E-state index in [0.717, 1.165) is 37.0 Å². The molecular weight excluding hydrogens is 455 g/mol. The summed E-state index contributed by atoms with van der Waals surface area (Å²) in [5.74, 6) is 1.64. The number of guanidine groups is 1. The van der Waals surface area contributed by atoms with Crippen molar-refractivity contribution in [2.45, 2.75) is 31.5 Å². The standard InChI is InChI=1S/C20H30N4O2.HI/c1-3-11-25-19-9-5-4-7-16(19)12-22-20(21-2)23-13-18-14-24-10-6-8-17(24)15-26-18;/h3-5,7,9,17-18H,1,6,8,10-15H2,2H3,(H2,21,22,23);1H. The lowest BCUT2D eigenvalue weighted by atomic mass is 10.2. The number of rotatable bonds is 7. The molecule has 7 heteroatoms. The number of hydrogen-bond acceptors (Lipinski definition) is 4. The molecule has 6 nitrogen and oxygen atoms in total. The fraction of sp³-hybridized carbons (Fsp3) is 0.550. The number of nitrogens with zero attached hydrogens (tertiary/aromatic N) is 2. The Bertz CT molecular complexity index is 626. The maximum Gasteiger partial charge on any atom is 0.191 e. The highest BCUT2D eigenvalue weighted by molar-refractivity contribution is 14.0. The van der Waals surface area contributed by atoms with Crippen molar-refractivity contribution in [1.29, 1.82) is 0 Å². The van der Waals surface area contributed by atoms with Gasteiger partial charge in [-0.1, -0.05) is 30.9 Å². The maximum absolute atomic E-state index is 6.00. The Kier molecular flexibility index (Phi) is 9.36. The van der Waals surface area contributed by atoms with Crippen LogP contribution in [0.25, 0.3) is 0 Å². The molecule has 0 saturated carbocycles. The lowest BCUT2D eigenvalue weighted by Gasteiger charge is -2.35. The molecule has 27 heavy (non-hydrogen) atoms. The van der Waals surface area contributed by atoms with Gasteiger partial charge in [-0.25, -0.2) is 0 Å². The number of nitrogens with one attached hydrogen (secondary N) is 2. The van der Waals surface area contributed by atoms with E-state index in [4.69, 9.17) is 9.47 Å². The Labute approximate surface area is 179 Å². The number of para-hydroxylation sites is 1. The predicted octanol–water partition coefficient (Wildman–Crippen LogP) is 2.40. The zero-order valence-corrected chi connectivity index (χ0v) is 18.4. The minimum absolute atomic E-state index is 0. The molecule has 0 amide bonds. The minimum Gasteiger partial charge on any atom is -0.489 e. The topological polar surface area (TPSA) is 58.1 Å². The number of aliphatic imine (C=N–C) groups is 1. The third-order valence-corrected chi connectivity index (χ3v) is 4.96. The molecule has 2 aliphatic rings. The summed E-state index contributed by atoms with van der Waals surface area (Å²) in [7, 11) is 1.79. The third kappa shape index (κ3) is 6.36. The van der Waals surface area contributed by atoms with E-state index in [1.54, 1.807) is 13.1 Å². The van der Waals surface area contributed by atoms with Gasteiger partial charge in [0.1, 0.15) is 12.4 Å². The van der Waals surface area contributed by atoms with Crippen LogP contribution in [0.4, 0.5) is 0 Å². The molecule has 2 unspecified atom stereocenters. The number of fused-ring (bicyclic) bond motifs is 1. The molecule has 0 aromatic heterocycles. The average Bonchev–Trinajstić information content (AvgIpc) is 3.15. The van der Waals surface area contributed by atoms with Gasteiger partial charge < -0.3 is 20.1 Å². The quantitative estimate of drug-likeness (QED) is 0.268. The molecule has 150 valence electrons. The Morgan fingerprint density at radius 2 is 2.26 bits per heavy atom. The van der Waals surface area contributed by atoms with Gasteiger partial charge in [-0.15, -0.1) is 24.0 Å². The van der Waals surface area contributed by atoms with Gasteiger partial charge in [0.2, 0.25) is 0 Å². The molecule has 2 saturated heterocycles. The van der Waals surface area contributed by atoms with Crippen LogP contribution in [0.2, 0.25) is 0 Å². The fourth-order valence-electron chi connectivity index (χ4n) is 3.56. The van der Waals surface area contributed by atoms with Crippen LogP contribution in [0.3, 0.4) is 0 Å². The normalized spacial score (nSPS) is 22.5. The number of benzene rings is 1. The Morgan fingerprint density at radius 1 is 1.41 bits per heavy atom. The molecule has 2 N–H and O–H groups in total. The summed E-state index contributed by atoms with van der Waals surface area (Å²) in [6.07, 6.45) is 4.53. The highest BCUT2D eigenvalue weighted by atomic mass is 127. The summed E-state index contributed by atoms with van der Waals surface area (Å²) < 4.78 is 11.7. The summed E-state index contributed by atoms with van der Waals surface area (Å²) in [5.41, 5.74) is 1.09. The van der Waals surface area contributed by atoms with Gasteiger partial charge in [0.05, 0.1) is 12.7 Å². The molecule has 0 radical (unpaired) electrons. The molecule has 3 rings (SSSR count). The maximum atomic E-state index is 6.00. The van der Waals surface area contributed by atoms with Crippen LogP contribution in [0.15, 0.2) is 41.9 Å². The summed E-state index contributed by atoms with van der Waals surface area (Å²) in [6.45, 7) is 8.67. The molecule has 0 spiro atoms. The van der Waals surface area contributed by atoms with Crippen LogP contribution in [-0.4, -0.2) is 62.9 Å². The van der Waals surface area contributed by atoms with Gasteiger partial charge in [0.25, 0.3) is 0 Å². The molecule has 2 fully saturated rings. The van der Waals surface area contributed by atoms with Crippen molar-refractivity contribution in [2.75, 3.05) is 39.9 Å². The van der Waals surface area contributed by atoms with Crippen LogP contribution in [0.1, 0.15) is 18.4 Å². The number of ether oxygens (including phenoxy) is 2. The fourth-order valence-corrected chi connectivity index (χ4v) is 3.56. The lowest BCUT2D eigenvalue weighted by molar-refractivity contribution is -0.0453. The van der Waals surface area contributed by atoms with Gasteiger partial charge in [0.15, 0.2) is 5.96 Å². The number of hydrogen-bond donors (Lipinski definition) is 2. The SMILES string of the molecule is C=CCOc1ccccc1CNC(=NC)NCC1CN2CCCC2CO1.I.